The molecule has 1 aromatic rings. The molecular formula is C10H13N3O2S. The standard InChI is InChI=1S/C10H13N3O2S/c14-16(15)6-3-10(8-16)13-12-7-9-1-4-11-5-2-9/h1-2,4-5,7,10,13H,3,6,8H2/b12-7-/t10-/m1/s1. The van der Waals surface area contributed by atoms with Gasteiger partial charge in [0.2, 0.25) is 0 Å². The molecule has 0 saturated carbocycles. The zero-order valence-corrected chi connectivity index (χ0v) is 9.52. The van der Waals surface area contributed by atoms with Crippen molar-refractivity contribution in [1.29, 1.82) is 0 Å². The van der Waals surface area contributed by atoms with Crippen molar-refractivity contribution in [2.24, 2.45) is 5.10 Å². The maximum atomic E-state index is 11.2. The fourth-order valence-electron chi connectivity index (χ4n) is 1.56. The van der Waals surface area contributed by atoms with E-state index in [0.717, 1.165) is 5.56 Å². The van der Waals surface area contributed by atoms with Crippen LogP contribution in [0, 0.1) is 0 Å². The SMILES string of the molecule is O=S1(=O)CC[C@@H](N/N=C\c2ccncc2)C1. The van der Waals surface area contributed by atoms with Crippen molar-refractivity contribution < 1.29 is 8.42 Å². The Bertz CT molecular complexity index is 470. The number of hydrazone groups is 1. The molecule has 1 aromatic heterocycles. The van der Waals surface area contributed by atoms with Crippen molar-refractivity contribution in [3.63, 3.8) is 0 Å². The van der Waals surface area contributed by atoms with Crippen LogP contribution in [0.4, 0.5) is 0 Å². The molecule has 1 aliphatic rings. The molecule has 6 heteroatoms. The summed E-state index contributed by atoms with van der Waals surface area (Å²) in [6.07, 6.45) is 5.66. The minimum absolute atomic E-state index is 0.0527. The highest BCUT2D eigenvalue weighted by atomic mass is 32.2. The Morgan fingerprint density at radius 1 is 1.44 bits per heavy atom. The summed E-state index contributed by atoms with van der Waals surface area (Å²) in [6, 6.07) is 3.61. The van der Waals surface area contributed by atoms with Crippen LogP contribution in [-0.2, 0) is 9.84 Å². The first-order valence-corrected chi connectivity index (χ1v) is 6.87. The zero-order chi connectivity index (χ0) is 11.4. The van der Waals surface area contributed by atoms with E-state index in [9.17, 15) is 8.42 Å². The van der Waals surface area contributed by atoms with Gasteiger partial charge in [0.1, 0.15) is 0 Å². The molecule has 0 radical (unpaired) electrons. The highest BCUT2D eigenvalue weighted by molar-refractivity contribution is 7.91. The summed E-state index contributed by atoms with van der Waals surface area (Å²) in [5, 5.41) is 4.02. The lowest BCUT2D eigenvalue weighted by Crippen LogP contribution is -2.25. The number of rotatable bonds is 3. The lowest BCUT2D eigenvalue weighted by molar-refractivity contribution is 0.578. The normalized spacial score (nSPS) is 23.6. The average molecular weight is 239 g/mol. The molecule has 1 atom stereocenters. The highest BCUT2D eigenvalue weighted by Crippen LogP contribution is 2.10. The van der Waals surface area contributed by atoms with Crippen LogP contribution in [-0.4, -0.2) is 37.2 Å². The molecule has 0 spiro atoms. The van der Waals surface area contributed by atoms with Gasteiger partial charge in [-0.2, -0.15) is 5.10 Å². The van der Waals surface area contributed by atoms with E-state index < -0.39 is 9.84 Å². The highest BCUT2D eigenvalue weighted by Gasteiger charge is 2.27. The van der Waals surface area contributed by atoms with Crippen LogP contribution in [0.15, 0.2) is 29.6 Å². The molecule has 1 aliphatic heterocycles. The van der Waals surface area contributed by atoms with Gasteiger partial charge in [0.05, 0.1) is 23.8 Å². The van der Waals surface area contributed by atoms with Gasteiger partial charge in [0.15, 0.2) is 9.84 Å². The fraction of sp³-hybridized carbons (Fsp3) is 0.400. The van der Waals surface area contributed by atoms with Crippen molar-refractivity contribution in [2.45, 2.75) is 12.5 Å². The van der Waals surface area contributed by atoms with Crippen molar-refractivity contribution >= 4 is 16.1 Å². The molecule has 5 nitrogen and oxygen atoms in total. The summed E-state index contributed by atoms with van der Waals surface area (Å²) in [5.41, 5.74) is 3.79. The van der Waals surface area contributed by atoms with Crippen molar-refractivity contribution in [2.75, 3.05) is 11.5 Å². The monoisotopic (exact) mass is 239 g/mol. The molecule has 1 N–H and O–H groups in total. The Labute approximate surface area is 94.5 Å². The molecule has 1 fully saturated rings. The Morgan fingerprint density at radius 3 is 2.81 bits per heavy atom. The largest absolute Gasteiger partial charge is 0.306 e. The van der Waals surface area contributed by atoms with Crippen LogP contribution < -0.4 is 5.43 Å². The van der Waals surface area contributed by atoms with Crippen LogP contribution in [0.25, 0.3) is 0 Å². The predicted molar refractivity (Wildman–Crippen MR) is 62.0 cm³/mol. The second-order valence-corrected chi connectivity index (χ2v) is 6.00. The quantitative estimate of drug-likeness (QED) is 0.604. The van der Waals surface area contributed by atoms with Gasteiger partial charge in [-0.05, 0) is 24.1 Å². The Hall–Kier alpha value is -1.43. The van der Waals surface area contributed by atoms with Gasteiger partial charge >= 0.3 is 0 Å². The first-order chi connectivity index (χ1) is 7.66. The van der Waals surface area contributed by atoms with Crippen molar-refractivity contribution in [3.05, 3.63) is 30.1 Å². The van der Waals surface area contributed by atoms with Gasteiger partial charge in [-0.25, -0.2) is 8.42 Å². The predicted octanol–water partition coefficient (Wildman–Crippen LogP) is 0.192. The van der Waals surface area contributed by atoms with E-state index >= 15 is 0 Å². The third-order valence-electron chi connectivity index (χ3n) is 2.41. The number of hydrogen-bond donors (Lipinski definition) is 1. The summed E-state index contributed by atoms with van der Waals surface area (Å²) in [5.74, 6) is 0.441. The first-order valence-electron chi connectivity index (χ1n) is 5.05. The maximum absolute atomic E-state index is 11.2. The summed E-state index contributed by atoms with van der Waals surface area (Å²) in [6.45, 7) is 0. The van der Waals surface area contributed by atoms with E-state index in [1.54, 1.807) is 18.6 Å². The Kier molecular flexibility index (Phi) is 3.19. The molecule has 0 aromatic carbocycles. The second-order valence-electron chi connectivity index (χ2n) is 3.77. The number of pyridine rings is 1. The number of sulfone groups is 1. The Balaban J connectivity index is 1.87. The van der Waals surface area contributed by atoms with Gasteiger partial charge < -0.3 is 5.43 Å². The number of nitrogens with one attached hydrogen (secondary N) is 1. The van der Waals surface area contributed by atoms with Gasteiger partial charge in [-0.1, -0.05) is 0 Å². The molecule has 0 unspecified atom stereocenters. The third kappa shape index (κ3) is 3.03. The third-order valence-corrected chi connectivity index (χ3v) is 4.18. The van der Waals surface area contributed by atoms with Crippen LogP contribution >= 0.6 is 0 Å². The second kappa shape index (κ2) is 4.61. The van der Waals surface area contributed by atoms with Crippen molar-refractivity contribution in [1.82, 2.24) is 10.4 Å². The molecule has 2 rings (SSSR count). The molecule has 16 heavy (non-hydrogen) atoms. The molecule has 2 heterocycles. The maximum Gasteiger partial charge on any atom is 0.152 e. The smallest absolute Gasteiger partial charge is 0.152 e. The molecule has 0 bridgehead atoms. The molecular weight excluding hydrogens is 226 g/mol. The van der Waals surface area contributed by atoms with Crippen molar-refractivity contribution in [3.8, 4) is 0 Å². The van der Waals surface area contributed by atoms with E-state index in [2.05, 4.69) is 15.5 Å². The minimum Gasteiger partial charge on any atom is -0.306 e. The van der Waals surface area contributed by atoms with Gasteiger partial charge in [0.25, 0.3) is 0 Å². The van der Waals surface area contributed by atoms with Gasteiger partial charge in [-0.15, -0.1) is 0 Å². The first kappa shape index (κ1) is 11.1. The average Bonchev–Trinajstić information content (AvgIpc) is 2.60. The van der Waals surface area contributed by atoms with Crippen LogP contribution in [0.2, 0.25) is 0 Å². The van der Waals surface area contributed by atoms with E-state index in [4.69, 9.17) is 0 Å². The van der Waals surface area contributed by atoms with Crippen LogP contribution in [0.1, 0.15) is 12.0 Å². The summed E-state index contributed by atoms with van der Waals surface area (Å²) in [7, 11) is -2.84. The molecule has 0 amide bonds. The molecule has 1 saturated heterocycles. The van der Waals surface area contributed by atoms with E-state index in [1.807, 2.05) is 12.1 Å². The topological polar surface area (TPSA) is 71.4 Å². The van der Waals surface area contributed by atoms with Crippen LogP contribution in [0.5, 0.6) is 0 Å². The Morgan fingerprint density at radius 2 is 2.19 bits per heavy atom. The lowest BCUT2D eigenvalue weighted by atomic mass is 10.3. The molecule has 86 valence electrons. The number of hydrogen-bond acceptors (Lipinski definition) is 5. The van der Waals surface area contributed by atoms with E-state index in [1.165, 1.54) is 0 Å². The van der Waals surface area contributed by atoms with Crippen LogP contribution in [0.3, 0.4) is 0 Å². The molecule has 0 aliphatic carbocycles. The fourth-order valence-corrected chi connectivity index (χ4v) is 3.23. The van der Waals surface area contributed by atoms with E-state index in [-0.39, 0.29) is 17.5 Å². The zero-order valence-electron chi connectivity index (χ0n) is 8.70. The summed E-state index contributed by atoms with van der Waals surface area (Å²) in [4.78, 5) is 3.89. The lowest BCUT2D eigenvalue weighted by Gasteiger charge is -2.05. The summed E-state index contributed by atoms with van der Waals surface area (Å²) < 4.78 is 22.3. The van der Waals surface area contributed by atoms with Gasteiger partial charge in [-0.3, -0.25) is 4.98 Å². The minimum atomic E-state index is -2.84. The number of aromatic nitrogens is 1. The van der Waals surface area contributed by atoms with Gasteiger partial charge in [0, 0.05) is 12.4 Å². The van der Waals surface area contributed by atoms with E-state index in [0.29, 0.717) is 6.42 Å². The number of nitrogens with zero attached hydrogens (tertiary/aromatic N) is 2. The summed E-state index contributed by atoms with van der Waals surface area (Å²) >= 11 is 0.